The van der Waals surface area contributed by atoms with Crippen LogP contribution >= 0.6 is 0 Å². The lowest BCUT2D eigenvalue weighted by molar-refractivity contribution is 0.201. The molecule has 3 N–H and O–H groups in total. The van der Waals surface area contributed by atoms with Crippen LogP contribution in [0.15, 0.2) is 220 Å². The van der Waals surface area contributed by atoms with Crippen LogP contribution in [0.1, 0.15) is 44.9 Å². The largest absolute Gasteiger partial charge is 0.497 e. The van der Waals surface area contributed by atoms with Crippen molar-refractivity contribution in [2.75, 3.05) is 161 Å². The average molecular weight is 1910 g/mol. The summed E-state index contributed by atoms with van der Waals surface area (Å²) in [5.74, 6) is 7.65. The molecule has 0 atom stereocenters. The normalized spacial score (nSPS) is 13.4. The van der Waals surface area contributed by atoms with Gasteiger partial charge in [-0.05, 0) is 162 Å². The van der Waals surface area contributed by atoms with Crippen LogP contribution in [0.5, 0.6) is 46.0 Å². The van der Waals surface area contributed by atoms with Crippen LogP contribution in [0.2, 0.25) is 0 Å². The number of benzene rings is 8. The summed E-state index contributed by atoms with van der Waals surface area (Å²) >= 11 is 0. The van der Waals surface area contributed by atoms with Crippen LogP contribution in [-0.2, 0) is 36.5 Å². The highest BCUT2D eigenvalue weighted by molar-refractivity contribution is 7.90. The third-order valence-electron chi connectivity index (χ3n) is 24.8. The molecule has 140 heavy (non-hydrogen) atoms. The zero-order valence-corrected chi connectivity index (χ0v) is 81.4. The number of aliphatic hydroxyl groups is 2. The molecule has 1 aliphatic carbocycles. The average Bonchev–Trinajstić information content (AvgIpc) is 1.18. The number of aromatic nitrogens is 16. The van der Waals surface area contributed by atoms with E-state index in [1.807, 2.05) is 127 Å². The SMILES string of the molecule is COc1cc(OC)cc(N(CC2CC2)c2ccc3ncc(-c4cnn(CC5CCN(C)CC5)c4)nc3c2)c1.COc1cc(OC)cc(N(CC2CCNCC2)c2ccc3ncc(-c4cnn(C)c4)nc3c2)c1.COc1cc(OC)cc(N(CCC#N)c2ccc3ncc(-c4cnn(CCO)c4)nc3c2)c1.COc1cc(OC)cc(N(CCO)c2ccc3ncc(-c4cnn(CCS(C)(=O)=O)c4)nc3c2)c1. The Morgan fingerprint density at radius 3 is 1.06 bits per heavy atom. The van der Waals surface area contributed by atoms with Crippen molar-refractivity contribution >= 4 is 99.5 Å². The summed E-state index contributed by atoms with van der Waals surface area (Å²) in [5, 5.41) is 48.9. The number of hydrogen-bond donors (Lipinski definition) is 3. The maximum Gasteiger partial charge on any atom is 0.149 e. The minimum absolute atomic E-state index is 0.0105. The fraction of sp³-hybridized carbons (Fsp3) is 0.337. The van der Waals surface area contributed by atoms with Crippen LogP contribution in [-0.4, -0.2) is 244 Å². The predicted octanol–water partition coefficient (Wildman–Crippen LogP) is 15.8. The van der Waals surface area contributed by atoms with E-state index < -0.39 is 9.84 Å². The molecule has 19 rings (SSSR count). The van der Waals surface area contributed by atoms with Crippen molar-refractivity contribution in [2.45, 2.75) is 64.6 Å². The predicted molar refractivity (Wildman–Crippen MR) is 543 cm³/mol. The molecule has 1 saturated carbocycles. The molecular formula is C104H117N23O12S. The van der Waals surface area contributed by atoms with Crippen LogP contribution in [0.25, 0.3) is 89.2 Å². The summed E-state index contributed by atoms with van der Waals surface area (Å²) < 4.78 is 73.9. The number of methoxy groups -OCH3 is 8. The molecule has 2 saturated heterocycles. The first-order valence-corrected chi connectivity index (χ1v) is 48.5. The van der Waals surface area contributed by atoms with Gasteiger partial charge in [-0.15, -0.1) is 0 Å². The molecule has 2 aliphatic heterocycles. The lowest BCUT2D eigenvalue weighted by Crippen LogP contribution is -2.34. The maximum atomic E-state index is 11.4. The van der Waals surface area contributed by atoms with E-state index in [1.165, 1.54) is 31.9 Å². The standard InChI is InChI=1S/C30H36N6O2.C26H30N6O2.C24H24N6O3.C24H27N5O5S/c1-34-10-8-22(9-11-34)18-35-20-23(16-32-35)30-17-31-28-7-6-24(14-29(28)33-30)36(19-21-4-5-21)25-12-26(37-2)15-27(13-25)38-3;1-31-17-19(14-29-31)26-15-28-24-5-4-20(12-25(24)30-26)32(16-18-6-8-27-9-7-18)21-10-22(33-2)13-23(11-21)34-3;1-32-20-10-19(11-21(13-20)33-2)30(7-3-6-25)18-4-5-22-23(12-18)28-24(15-26-22)17-14-27-29(16-17)8-9-31;1-33-20-10-19(11-21(13-20)34-2)29(6-8-30)18-4-5-22-23(12-18)27-24(15-25-22)17-14-26-28(16-17)7-9-35(3,31)32/h6-7,12-17,20-22H,4-5,8-11,18-19H2,1-3H3;4-5,10-15,17-18,27H,6-9,16H2,1-3H3;4-5,10-16,31H,3,7-9H2,1-2H3;4-5,10-16,30H,6-9H2,1-3H3. The number of rotatable bonds is 35. The van der Waals surface area contributed by atoms with E-state index in [1.54, 1.807) is 120 Å². The molecule has 0 amide bonds. The number of ether oxygens (including phenoxy) is 8. The summed E-state index contributed by atoms with van der Waals surface area (Å²) in [4.78, 5) is 49.0. The fourth-order valence-electron chi connectivity index (χ4n) is 17.0. The van der Waals surface area contributed by atoms with Gasteiger partial charge in [-0.25, -0.2) is 28.4 Å². The molecular weight excluding hydrogens is 1800 g/mol. The molecule has 0 spiro atoms. The van der Waals surface area contributed by atoms with Crippen molar-refractivity contribution in [3.05, 3.63) is 220 Å². The van der Waals surface area contributed by atoms with Gasteiger partial charge >= 0.3 is 0 Å². The first kappa shape index (κ1) is 97.9. The quantitative estimate of drug-likeness (QED) is 0.0332. The number of sulfone groups is 1. The summed E-state index contributed by atoms with van der Waals surface area (Å²) in [6.45, 7) is 8.72. The van der Waals surface area contributed by atoms with Gasteiger partial charge in [0.25, 0.3) is 0 Å². The second kappa shape index (κ2) is 45.9. The van der Waals surface area contributed by atoms with Gasteiger partial charge in [0.1, 0.15) is 55.8 Å². The van der Waals surface area contributed by atoms with Crippen LogP contribution in [0.4, 0.5) is 45.5 Å². The smallest absolute Gasteiger partial charge is 0.149 e. The molecule has 3 aliphatic rings. The molecule has 16 aromatic rings. The highest BCUT2D eigenvalue weighted by Crippen LogP contribution is 2.43. The monoisotopic (exact) mass is 1910 g/mol. The second-order valence-electron chi connectivity index (χ2n) is 34.7. The van der Waals surface area contributed by atoms with E-state index in [0.29, 0.717) is 89.2 Å². The second-order valence-corrected chi connectivity index (χ2v) is 37.0. The molecule has 36 heteroatoms. The number of piperidine rings is 2. The van der Waals surface area contributed by atoms with Crippen LogP contribution < -0.4 is 62.8 Å². The Kier molecular flexibility index (Phi) is 32.1. The molecule has 8 aromatic carbocycles. The Morgan fingerprint density at radius 1 is 0.379 bits per heavy atom. The number of nitrogens with one attached hydrogen (secondary N) is 1. The van der Waals surface area contributed by atoms with E-state index in [-0.39, 0.29) is 25.5 Å². The van der Waals surface area contributed by atoms with Crippen molar-refractivity contribution in [1.82, 2.24) is 89.2 Å². The van der Waals surface area contributed by atoms with Crippen LogP contribution in [0, 0.1) is 29.1 Å². The molecule has 726 valence electrons. The Hall–Kier alpha value is -15.2. The Morgan fingerprint density at radius 2 is 0.714 bits per heavy atom. The number of aryl methyl sites for hydroxylation is 2. The van der Waals surface area contributed by atoms with E-state index in [0.717, 1.165) is 194 Å². The highest BCUT2D eigenvalue weighted by atomic mass is 32.2. The van der Waals surface area contributed by atoms with Gasteiger partial charge in [0.2, 0.25) is 0 Å². The summed E-state index contributed by atoms with van der Waals surface area (Å²) in [7, 11) is 14.1. The Labute approximate surface area is 813 Å². The van der Waals surface area contributed by atoms with E-state index >= 15 is 0 Å². The molecule has 8 aromatic heterocycles. The van der Waals surface area contributed by atoms with Crippen LogP contribution in [0.3, 0.4) is 0 Å². The van der Waals surface area contributed by atoms with E-state index in [2.05, 4.69) is 134 Å². The lowest BCUT2D eigenvalue weighted by Gasteiger charge is -2.32. The van der Waals surface area contributed by atoms with Gasteiger partial charge in [0.05, 0.1) is 218 Å². The minimum atomic E-state index is -3.08. The van der Waals surface area contributed by atoms with Gasteiger partial charge < -0.3 is 77.9 Å². The topological polar surface area (TPSA) is 375 Å². The van der Waals surface area contributed by atoms with Gasteiger partial charge in [-0.2, -0.15) is 25.7 Å². The molecule has 10 heterocycles. The molecule has 3 fully saturated rings. The maximum absolute atomic E-state index is 11.4. The Bertz CT molecular complexity index is 7010. The fourth-order valence-corrected chi connectivity index (χ4v) is 17.5. The summed E-state index contributed by atoms with van der Waals surface area (Å²) in [6, 6.07) is 49.5. The van der Waals surface area contributed by atoms with E-state index in [4.69, 9.17) is 67.9 Å². The number of nitrogens with zero attached hydrogens (tertiary/aromatic N) is 22. The zero-order valence-electron chi connectivity index (χ0n) is 80.6. The number of hydrogen-bond acceptors (Lipinski definition) is 31. The molecule has 0 unspecified atom stereocenters. The van der Waals surface area contributed by atoms with Crippen molar-refractivity contribution in [3.8, 4) is 97.1 Å². The Balaban J connectivity index is 0.000000135. The highest BCUT2D eigenvalue weighted by Gasteiger charge is 2.29. The summed E-state index contributed by atoms with van der Waals surface area (Å²) in [6.07, 6.45) is 30.6. The number of likely N-dealkylation sites (tertiary alicyclic amines) is 1. The van der Waals surface area contributed by atoms with Crippen molar-refractivity contribution in [2.24, 2.45) is 24.8 Å². The van der Waals surface area contributed by atoms with Crippen molar-refractivity contribution < 1.29 is 56.5 Å². The number of anilines is 8. The molecule has 0 radical (unpaired) electrons. The van der Waals surface area contributed by atoms with E-state index in [9.17, 15) is 18.8 Å². The number of fused-ring (bicyclic) bond motifs is 4. The van der Waals surface area contributed by atoms with Gasteiger partial charge in [-0.1, -0.05) is 0 Å². The third kappa shape index (κ3) is 25.0. The first-order chi connectivity index (χ1) is 68.1. The number of nitriles is 1. The summed E-state index contributed by atoms with van der Waals surface area (Å²) in [5.41, 5.74) is 20.4. The van der Waals surface area contributed by atoms with Gasteiger partial charge in [0.15, 0.2) is 0 Å². The van der Waals surface area contributed by atoms with Gasteiger partial charge in [-0.3, -0.25) is 38.7 Å². The number of aliphatic hydroxyl groups excluding tert-OH is 2. The zero-order chi connectivity index (χ0) is 97.8. The minimum Gasteiger partial charge on any atom is -0.497 e. The first-order valence-electron chi connectivity index (χ1n) is 46.5. The third-order valence-corrected chi connectivity index (χ3v) is 25.8. The lowest BCUT2D eigenvalue weighted by atomic mass is 9.97. The van der Waals surface area contributed by atoms with Gasteiger partial charge in [0, 0.05) is 211 Å². The van der Waals surface area contributed by atoms with Crippen molar-refractivity contribution in [3.63, 3.8) is 0 Å². The molecule has 0 bridgehead atoms. The molecule has 35 nitrogen and oxygen atoms in total. The van der Waals surface area contributed by atoms with Crippen molar-refractivity contribution in [1.29, 1.82) is 5.26 Å².